The lowest BCUT2D eigenvalue weighted by atomic mass is 10.2. The Balaban J connectivity index is 2.41. The Hall–Kier alpha value is -1.94. The van der Waals surface area contributed by atoms with Crippen LogP contribution in [0.5, 0.6) is 0 Å². The molecule has 0 atom stereocenters. The highest BCUT2D eigenvalue weighted by Gasteiger charge is 2.20. The van der Waals surface area contributed by atoms with Crippen LogP contribution in [0.4, 0.5) is 10.1 Å². The standard InChI is InChI=1S/C15H14ClFN2O4S2/c1-10(8-11-2-4-12(16)5-3-11)25(22,23)19-14-7-6-13(17)9-15(14)24(18,20)21/h2-9,19H,1H3,(H2,18,20,21)/b10-8+. The van der Waals surface area contributed by atoms with Crippen molar-refractivity contribution in [2.24, 2.45) is 5.14 Å². The lowest BCUT2D eigenvalue weighted by molar-refractivity contribution is 0.592. The van der Waals surface area contributed by atoms with Crippen molar-refractivity contribution >= 4 is 43.4 Å². The molecule has 6 nitrogen and oxygen atoms in total. The molecule has 0 radical (unpaired) electrons. The summed E-state index contributed by atoms with van der Waals surface area (Å²) in [6.45, 7) is 1.33. The van der Waals surface area contributed by atoms with Crippen molar-refractivity contribution in [1.82, 2.24) is 0 Å². The van der Waals surface area contributed by atoms with E-state index in [1.165, 1.54) is 13.0 Å². The summed E-state index contributed by atoms with van der Waals surface area (Å²) < 4.78 is 63.2. The summed E-state index contributed by atoms with van der Waals surface area (Å²) in [5.41, 5.74) is 0.241. The van der Waals surface area contributed by atoms with Crippen LogP contribution in [0.1, 0.15) is 12.5 Å². The molecule has 2 aromatic carbocycles. The number of nitrogens with two attached hydrogens (primary N) is 1. The summed E-state index contributed by atoms with van der Waals surface area (Å²) >= 11 is 5.77. The molecule has 0 spiro atoms. The molecule has 0 amide bonds. The van der Waals surface area contributed by atoms with Gasteiger partial charge in [0.2, 0.25) is 10.0 Å². The van der Waals surface area contributed by atoms with Crippen LogP contribution in [-0.4, -0.2) is 16.8 Å². The van der Waals surface area contributed by atoms with Crippen LogP contribution < -0.4 is 9.86 Å². The molecule has 0 unspecified atom stereocenters. The van der Waals surface area contributed by atoms with Crippen molar-refractivity contribution < 1.29 is 21.2 Å². The second-order valence-corrected chi connectivity index (χ2v) is 8.92. The second kappa shape index (κ2) is 7.12. The third kappa shape index (κ3) is 5.02. The molecule has 0 fully saturated rings. The summed E-state index contributed by atoms with van der Waals surface area (Å²) in [5.74, 6) is -0.861. The fraction of sp³-hybridized carbons (Fsp3) is 0.0667. The van der Waals surface area contributed by atoms with Crippen LogP contribution in [0.2, 0.25) is 5.02 Å². The van der Waals surface area contributed by atoms with Gasteiger partial charge >= 0.3 is 0 Å². The van der Waals surface area contributed by atoms with Crippen LogP contribution in [0, 0.1) is 5.82 Å². The number of primary sulfonamides is 1. The molecule has 0 saturated carbocycles. The first-order chi connectivity index (χ1) is 11.5. The first-order valence-electron chi connectivity index (χ1n) is 6.78. The first-order valence-corrected chi connectivity index (χ1v) is 10.2. The zero-order valence-corrected chi connectivity index (χ0v) is 15.3. The van der Waals surface area contributed by atoms with E-state index in [0.29, 0.717) is 16.7 Å². The number of nitrogens with one attached hydrogen (secondary N) is 1. The summed E-state index contributed by atoms with van der Waals surface area (Å²) in [7, 11) is -8.40. The minimum Gasteiger partial charge on any atom is -0.279 e. The van der Waals surface area contributed by atoms with E-state index in [1.54, 1.807) is 24.3 Å². The summed E-state index contributed by atoms with van der Waals surface area (Å²) in [6, 6.07) is 8.99. The molecule has 0 bridgehead atoms. The smallest absolute Gasteiger partial charge is 0.257 e. The van der Waals surface area contributed by atoms with Crippen molar-refractivity contribution in [3.8, 4) is 0 Å². The number of hydrogen-bond donors (Lipinski definition) is 2. The quantitative estimate of drug-likeness (QED) is 0.798. The van der Waals surface area contributed by atoms with Gasteiger partial charge < -0.3 is 0 Å². The van der Waals surface area contributed by atoms with Crippen LogP contribution in [0.25, 0.3) is 6.08 Å². The maximum absolute atomic E-state index is 13.3. The highest BCUT2D eigenvalue weighted by atomic mass is 35.5. The van der Waals surface area contributed by atoms with E-state index in [9.17, 15) is 21.2 Å². The van der Waals surface area contributed by atoms with Crippen LogP contribution in [0.15, 0.2) is 52.3 Å². The van der Waals surface area contributed by atoms with Crippen LogP contribution >= 0.6 is 11.6 Å². The maximum atomic E-state index is 13.3. The second-order valence-electron chi connectivity index (χ2n) is 5.10. The molecule has 10 heteroatoms. The molecule has 2 aromatic rings. The summed E-state index contributed by atoms with van der Waals surface area (Å²) in [6.07, 6.45) is 1.37. The number of hydrogen-bond acceptors (Lipinski definition) is 4. The summed E-state index contributed by atoms with van der Waals surface area (Å²) in [4.78, 5) is -0.741. The van der Waals surface area contributed by atoms with Crippen molar-refractivity contribution in [2.75, 3.05) is 4.72 Å². The predicted molar refractivity (Wildman–Crippen MR) is 95.4 cm³/mol. The van der Waals surface area contributed by atoms with Gasteiger partial charge in [0.25, 0.3) is 10.0 Å². The van der Waals surface area contributed by atoms with Gasteiger partial charge in [0.15, 0.2) is 0 Å². The molecule has 3 N–H and O–H groups in total. The molecule has 0 aliphatic carbocycles. The Morgan fingerprint density at radius 3 is 2.28 bits per heavy atom. The number of sulfonamides is 2. The molecule has 0 aromatic heterocycles. The minimum atomic E-state index is -4.32. The van der Waals surface area contributed by atoms with Crippen molar-refractivity contribution in [1.29, 1.82) is 0 Å². The van der Waals surface area contributed by atoms with Gasteiger partial charge in [-0.05, 0) is 48.9 Å². The molecule has 0 saturated heterocycles. The normalized spacial score (nSPS) is 12.9. The van der Waals surface area contributed by atoms with Gasteiger partial charge in [-0.15, -0.1) is 0 Å². The zero-order chi connectivity index (χ0) is 18.8. The number of allylic oxidation sites excluding steroid dienone is 1. The highest BCUT2D eigenvalue weighted by Crippen LogP contribution is 2.24. The third-order valence-corrected chi connectivity index (χ3v) is 5.82. The Bertz CT molecular complexity index is 1030. The van der Waals surface area contributed by atoms with Gasteiger partial charge in [-0.2, -0.15) is 0 Å². The lowest BCUT2D eigenvalue weighted by Crippen LogP contribution is -2.19. The van der Waals surface area contributed by atoms with Gasteiger partial charge in [0.1, 0.15) is 10.7 Å². The van der Waals surface area contributed by atoms with E-state index in [-0.39, 0.29) is 10.6 Å². The topological polar surface area (TPSA) is 106 Å². The fourth-order valence-corrected chi connectivity index (χ4v) is 3.73. The average Bonchev–Trinajstić information content (AvgIpc) is 2.50. The third-order valence-electron chi connectivity index (χ3n) is 3.16. The van der Waals surface area contributed by atoms with Gasteiger partial charge in [0.05, 0.1) is 10.6 Å². The number of halogens is 2. The minimum absolute atomic E-state index is 0.0838. The number of rotatable bonds is 5. The maximum Gasteiger partial charge on any atom is 0.257 e. The summed E-state index contributed by atoms with van der Waals surface area (Å²) in [5, 5.41) is 5.50. The molecule has 25 heavy (non-hydrogen) atoms. The zero-order valence-electron chi connectivity index (χ0n) is 12.9. The monoisotopic (exact) mass is 404 g/mol. The van der Waals surface area contributed by atoms with E-state index in [1.807, 2.05) is 0 Å². The lowest BCUT2D eigenvalue weighted by Gasteiger charge is -2.12. The van der Waals surface area contributed by atoms with Crippen molar-refractivity contribution in [3.63, 3.8) is 0 Å². The molecule has 0 aliphatic rings. The molecular formula is C15H14ClFN2O4S2. The molecule has 0 heterocycles. The van der Waals surface area contributed by atoms with Gasteiger partial charge in [-0.3, -0.25) is 4.72 Å². The molecular weight excluding hydrogens is 391 g/mol. The van der Waals surface area contributed by atoms with Gasteiger partial charge in [0, 0.05) is 5.02 Å². The Morgan fingerprint density at radius 2 is 1.72 bits per heavy atom. The predicted octanol–water partition coefficient (Wildman–Crippen LogP) is 2.93. The van der Waals surface area contributed by atoms with Crippen LogP contribution in [0.3, 0.4) is 0 Å². The molecule has 2 rings (SSSR count). The highest BCUT2D eigenvalue weighted by molar-refractivity contribution is 7.96. The van der Waals surface area contributed by atoms with E-state index < -0.39 is 30.8 Å². The number of anilines is 1. The van der Waals surface area contributed by atoms with E-state index in [0.717, 1.165) is 12.1 Å². The van der Waals surface area contributed by atoms with Crippen molar-refractivity contribution in [2.45, 2.75) is 11.8 Å². The first kappa shape index (κ1) is 19.4. The van der Waals surface area contributed by atoms with E-state index >= 15 is 0 Å². The average molecular weight is 405 g/mol. The molecule has 134 valence electrons. The van der Waals surface area contributed by atoms with Crippen LogP contribution in [-0.2, 0) is 20.0 Å². The SMILES string of the molecule is C/C(=C\c1ccc(Cl)cc1)S(=O)(=O)Nc1ccc(F)cc1S(N)(=O)=O. The van der Waals surface area contributed by atoms with E-state index in [4.69, 9.17) is 16.7 Å². The fourth-order valence-electron chi connectivity index (χ4n) is 1.91. The van der Waals surface area contributed by atoms with Gasteiger partial charge in [-0.25, -0.2) is 26.4 Å². The molecule has 0 aliphatic heterocycles. The van der Waals surface area contributed by atoms with Crippen molar-refractivity contribution in [3.05, 3.63) is 63.8 Å². The Morgan fingerprint density at radius 1 is 1.12 bits per heavy atom. The van der Waals surface area contributed by atoms with Gasteiger partial charge in [-0.1, -0.05) is 23.7 Å². The largest absolute Gasteiger partial charge is 0.279 e. The van der Waals surface area contributed by atoms with E-state index in [2.05, 4.69) is 4.72 Å². The Labute approximate surface area is 150 Å². The number of benzene rings is 2. The Kier molecular flexibility index (Phi) is 5.52.